The number of nitrogens with zero attached hydrogens (tertiary/aromatic N) is 2. The highest BCUT2D eigenvalue weighted by molar-refractivity contribution is 7.89. The van der Waals surface area contributed by atoms with Gasteiger partial charge in [-0.2, -0.15) is 4.31 Å². The average Bonchev–Trinajstić information content (AvgIpc) is 2.72. The molecule has 0 aliphatic carbocycles. The van der Waals surface area contributed by atoms with Crippen molar-refractivity contribution in [2.45, 2.75) is 75.8 Å². The minimum atomic E-state index is -3.72. The summed E-state index contributed by atoms with van der Waals surface area (Å²) in [6, 6.07) is 4.99. The zero-order valence-corrected chi connectivity index (χ0v) is 18.0. The number of methoxy groups -OCH3 is 1. The molecular formula is C21H32N2O4S. The fourth-order valence-corrected chi connectivity index (χ4v) is 6.31. The van der Waals surface area contributed by atoms with Crippen molar-refractivity contribution in [1.29, 1.82) is 0 Å². The highest BCUT2D eigenvalue weighted by atomic mass is 32.2. The third-order valence-corrected chi connectivity index (χ3v) is 8.13. The molecule has 0 aromatic heterocycles. The van der Waals surface area contributed by atoms with E-state index in [4.69, 9.17) is 4.74 Å². The second-order valence-corrected chi connectivity index (χ2v) is 9.74. The quantitative estimate of drug-likeness (QED) is 0.746. The molecule has 2 fully saturated rings. The Bertz CT molecular complexity index is 809. The van der Waals surface area contributed by atoms with E-state index >= 15 is 0 Å². The highest BCUT2D eigenvalue weighted by Gasteiger charge is 2.34. The van der Waals surface area contributed by atoms with Crippen molar-refractivity contribution in [3.63, 3.8) is 0 Å². The van der Waals surface area contributed by atoms with Gasteiger partial charge >= 0.3 is 0 Å². The third kappa shape index (κ3) is 4.06. The fourth-order valence-electron chi connectivity index (χ4n) is 4.42. The van der Waals surface area contributed by atoms with Crippen LogP contribution in [0, 0.1) is 0 Å². The Morgan fingerprint density at radius 1 is 1.14 bits per heavy atom. The molecule has 1 aromatic carbocycles. The van der Waals surface area contributed by atoms with Crippen LogP contribution in [0.25, 0.3) is 0 Å². The molecule has 2 atom stereocenters. The van der Waals surface area contributed by atoms with Gasteiger partial charge in [0.05, 0.1) is 7.11 Å². The SMILES string of the molecule is CCC1CCCCN1C(=O)c1ccc(OC)c(S(=O)(=O)N2CCCCC2C)c1. The summed E-state index contributed by atoms with van der Waals surface area (Å²) < 4.78 is 33.6. The van der Waals surface area contributed by atoms with Crippen LogP contribution in [-0.4, -0.2) is 55.8 Å². The van der Waals surface area contributed by atoms with Crippen molar-refractivity contribution in [2.75, 3.05) is 20.2 Å². The number of benzene rings is 1. The van der Waals surface area contributed by atoms with Gasteiger partial charge in [0, 0.05) is 30.7 Å². The summed E-state index contributed by atoms with van der Waals surface area (Å²) in [5, 5.41) is 0. The molecule has 0 bridgehead atoms. The Morgan fingerprint density at radius 3 is 2.54 bits per heavy atom. The van der Waals surface area contributed by atoms with E-state index in [1.165, 1.54) is 13.2 Å². The van der Waals surface area contributed by atoms with Crippen LogP contribution in [0.4, 0.5) is 0 Å². The predicted octanol–water partition coefficient (Wildman–Crippen LogP) is 3.66. The van der Waals surface area contributed by atoms with E-state index in [-0.39, 0.29) is 22.9 Å². The molecule has 2 aliphatic heterocycles. The van der Waals surface area contributed by atoms with Crippen LogP contribution in [0.5, 0.6) is 5.75 Å². The van der Waals surface area contributed by atoms with Crippen LogP contribution in [0.2, 0.25) is 0 Å². The molecule has 1 aromatic rings. The van der Waals surface area contributed by atoms with E-state index in [1.54, 1.807) is 16.4 Å². The van der Waals surface area contributed by atoms with Crippen LogP contribution in [0.15, 0.2) is 23.1 Å². The summed E-state index contributed by atoms with van der Waals surface area (Å²) in [6.45, 7) is 5.28. The van der Waals surface area contributed by atoms with Gasteiger partial charge in [-0.15, -0.1) is 0 Å². The zero-order valence-electron chi connectivity index (χ0n) is 17.2. The van der Waals surface area contributed by atoms with E-state index in [0.717, 1.165) is 51.5 Å². The van der Waals surface area contributed by atoms with Crippen LogP contribution in [0.1, 0.15) is 69.2 Å². The summed E-state index contributed by atoms with van der Waals surface area (Å²) in [4.78, 5) is 15.2. The molecule has 28 heavy (non-hydrogen) atoms. The molecule has 2 saturated heterocycles. The van der Waals surface area contributed by atoms with Gasteiger partial charge in [0.25, 0.3) is 5.91 Å². The molecule has 0 radical (unpaired) electrons. The molecule has 2 aliphatic rings. The van der Waals surface area contributed by atoms with Crippen molar-refractivity contribution in [3.8, 4) is 5.75 Å². The second kappa shape index (κ2) is 8.82. The predicted molar refractivity (Wildman–Crippen MR) is 109 cm³/mol. The molecular weight excluding hydrogens is 376 g/mol. The van der Waals surface area contributed by atoms with Gasteiger partial charge in [0.2, 0.25) is 10.0 Å². The lowest BCUT2D eigenvalue weighted by atomic mass is 9.99. The maximum atomic E-state index is 13.4. The summed E-state index contributed by atoms with van der Waals surface area (Å²) in [5.74, 6) is 0.206. The maximum Gasteiger partial charge on any atom is 0.254 e. The first-order valence-corrected chi connectivity index (χ1v) is 11.8. The highest BCUT2D eigenvalue weighted by Crippen LogP contribution is 2.32. The number of sulfonamides is 1. The number of likely N-dealkylation sites (tertiary alicyclic amines) is 1. The Kier molecular flexibility index (Phi) is 6.65. The molecule has 0 N–H and O–H groups in total. The first kappa shape index (κ1) is 21.1. The van der Waals surface area contributed by atoms with E-state index in [1.807, 2.05) is 11.8 Å². The Labute approximate surface area is 168 Å². The van der Waals surface area contributed by atoms with E-state index in [0.29, 0.717) is 17.9 Å². The lowest BCUT2D eigenvalue weighted by Gasteiger charge is -2.35. The molecule has 2 unspecified atom stereocenters. The van der Waals surface area contributed by atoms with Gasteiger partial charge in [-0.3, -0.25) is 4.79 Å². The van der Waals surface area contributed by atoms with E-state index in [9.17, 15) is 13.2 Å². The van der Waals surface area contributed by atoms with Gasteiger partial charge in [-0.1, -0.05) is 13.3 Å². The van der Waals surface area contributed by atoms with Crippen LogP contribution in [0.3, 0.4) is 0 Å². The van der Waals surface area contributed by atoms with Crippen molar-refractivity contribution >= 4 is 15.9 Å². The number of hydrogen-bond donors (Lipinski definition) is 0. The Balaban J connectivity index is 1.97. The van der Waals surface area contributed by atoms with Crippen LogP contribution < -0.4 is 4.74 Å². The largest absolute Gasteiger partial charge is 0.495 e. The van der Waals surface area contributed by atoms with Crippen molar-refractivity contribution in [3.05, 3.63) is 23.8 Å². The van der Waals surface area contributed by atoms with Crippen LogP contribution in [-0.2, 0) is 10.0 Å². The van der Waals surface area contributed by atoms with Gasteiger partial charge < -0.3 is 9.64 Å². The van der Waals surface area contributed by atoms with E-state index in [2.05, 4.69) is 6.92 Å². The molecule has 3 rings (SSSR count). The molecule has 0 saturated carbocycles. The minimum Gasteiger partial charge on any atom is -0.495 e. The maximum absolute atomic E-state index is 13.4. The molecule has 0 spiro atoms. The number of carbonyl (C=O) groups is 1. The standard InChI is InChI=1S/C21H32N2O4S/c1-4-18-10-6-7-13-22(18)21(24)17-11-12-19(27-3)20(15-17)28(25,26)23-14-8-5-9-16(23)2/h11-12,15-16,18H,4-10,13-14H2,1-3H3. The summed E-state index contributed by atoms with van der Waals surface area (Å²) >= 11 is 0. The fraction of sp³-hybridized carbons (Fsp3) is 0.667. The lowest BCUT2D eigenvalue weighted by Crippen LogP contribution is -2.43. The first-order chi connectivity index (χ1) is 13.4. The third-order valence-electron chi connectivity index (χ3n) is 6.10. The van der Waals surface area contributed by atoms with Crippen molar-refractivity contribution < 1.29 is 17.9 Å². The molecule has 1 amide bonds. The van der Waals surface area contributed by atoms with E-state index < -0.39 is 10.0 Å². The number of hydrogen-bond acceptors (Lipinski definition) is 4. The molecule has 156 valence electrons. The summed E-state index contributed by atoms with van der Waals surface area (Å²) in [6.07, 6.45) is 6.80. The Hall–Kier alpha value is -1.60. The molecule has 6 nitrogen and oxygen atoms in total. The normalized spacial score (nSPS) is 24.2. The lowest BCUT2D eigenvalue weighted by molar-refractivity contribution is 0.0607. The van der Waals surface area contributed by atoms with Gasteiger partial charge in [-0.05, 0) is 63.6 Å². The van der Waals surface area contributed by atoms with Crippen molar-refractivity contribution in [2.24, 2.45) is 0 Å². The van der Waals surface area contributed by atoms with Crippen LogP contribution >= 0.6 is 0 Å². The summed E-state index contributed by atoms with van der Waals surface area (Å²) in [7, 11) is -2.26. The number of ether oxygens (including phenoxy) is 1. The number of rotatable bonds is 5. The monoisotopic (exact) mass is 408 g/mol. The van der Waals surface area contributed by atoms with Crippen molar-refractivity contribution in [1.82, 2.24) is 9.21 Å². The topological polar surface area (TPSA) is 66.9 Å². The number of amides is 1. The zero-order chi connectivity index (χ0) is 20.3. The Morgan fingerprint density at radius 2 is 1.86 bits per heavy atom. The summed E-state index contributed by atoms with van der Waals surface area (Å²) in [5.41, 5.74) is 0.421. The molecule has 7 heteroatoms. The van der Waals surface area contributed by atoms with Gasteiger partial charge in [-0.25, -0.2) is 8.42 Å². The average molecular weight is 409 g/mol. The molecule has 2 heterocycles. The smallest absolute Gasteiger partial charge is 0.254 e. The van der Waals surface area contributed by atoms with Gasteiger partial charge in [0.1, 0.15) is 10.6 Å². The number of carbonyl (C=O) groups excluding carboxylic acids is 1. The first-order valence-electron chi connectivity index (χ1n) is 10.4. The number of piperidine rings is 2. The second-order valence-electron chi connectivity index (χ2n) is 7.88. The van der Waals surface area contributed by atoms with Gasteiger partial charge in [0.15, 0.2) is 0 Å². The minimum absolute atomic E-state index is 0.0469.